The molecule has 3 aromatic rings. The van der Waals surface area contributed by atoms with Crippen molar-refractivity contribution in [2.45, 2.75) is 6.42 Å². The summed E-state index contributed by atoms with van der Waals surface area (Å²) in [4.78, 5) is 31.2. The van der Waals surface area contributed by atoms with Crippen molar-refractivity contribution < 1.29 is 14.0 Å². The minimum absolute atomic E-state index is 0.0353. The van der Waals surface area contributed by atoms with E-state index in [4.69, 9.17) is 11.6 Å². The van der Waals surface area contributed by atoms with Crippen LogP contribution in [0.15, 0.2) is 42.5 Å². The second-order valence-corrected chi connectivity index (χ2v) is 8.34. The number of halogens is 2. The van der Waals surface area contributed by atoms with Gasteiger partial charge in [-0.05, 0) is 36.4 Å². The van der Waals surface area contributed by atoms with E-state index in [0.29, 0.717) is 36.7 Å². The van der Waals surface area contributed by atoms with Gasteiger partial charge in [0.25, 0.3) is 0 Å². The van der Waals surface area contributed by atoms with Gasteiger partial charge >= 0.3 is 0 Å². The molecular formula is C22H21ClFN5O2. The van der Waals surface area contributed by atoms with Crippen molar-refractivity contribution >= 4 is 45.8 Å². The van der Waals surface area contributed by atoms with E-state index in [1.165, 1.54) is 11.0 Å². The predicted molar refractivity (Wildman–Crippen MR) is 117 cm³/mol. The minimum Gasteiger partial charge on any atom is -0.368 e. The summed E-state index contributed by atoms with van der Waals surface area (Å²) in [6, 6.07) is 12.3. The fourth-order valence-electron chi connectivity index (χ4n) is 4.38. The summed E-state index contributed by atoms with van der Waals surface area (Å²) >= 11 is 5.96. The maximum absolute atomic E-state index is 14.3. The Hall–Kier alpha value is -3.13. The molecule has 9 heteroatoms. The van der Waals surface area contributed by atoms with Gasteiger partial charge in [-0.3, -0.25) is 19.6 Å². The standard InChI is InChI=1S/C22H21ClFN5O2/c23-15-4-6-16(7-5-15)27-8-10-28(11-9-27)22(31)14-12-19(30)29(13-14)21-20-17(24)2-1-3-18(20)25-26-21/h1-7,14H,8-13H2,(H,25,26)/t14-/m1/s1. The van der Waals surface area contributed by atoms with Gasteiger partial charge in [0, 0.05) is 49.9 Å². The Kier molecular flexibility index (Phi) is 5.02. The quantitative estimate of drug-likeness (QED) is 0.678. The molecule has 1 N–H and O–H groups in total. The minimum atomic E-state index is -0.451. The average molecular weight is 442 g/mol. The molecule has 1 aromatic heterocycles. The number of anilines is 2. The Morgan fingerprint density at radius 1 is 1.10 bits per heavy atom. The SMILES string of the molecule is O=C([C@@H]1CC(=O)N(c2n[nH]c3cccc(F)c23)C1)N1CCN(c2ccc(Cl)cc2)CC1. The Labute approximate surface area is 183 Å². The average Bonchev–Trinajstić information content (AvgIpc) is 3.38. The van der Waals surface area contributed by atoms with Crippen LogP contribution < -0.4 is 9.80 Å². The van der Waals surface area contributed by atoms with Crippen molar-refractivity contribution in [2.24, 2.45) is 5.92 Å². The first-order valence-corrected chi connectivity index (χ1v) is 10.6. The first-order chi connectivity index (χ1) is 15.0. The van der Waals surface area contributed by atoms with E-state index in [1.807, 2.05) is 29.2 Å². The normalized spacial score (nSPS) is 19.5. The van der Waals surface area contributed by atoms with Crippen LogP contribution in [0.2, 0.25) is 5.02 Å². The highest BCUT2D eigenvalue weighted by Gasteiger charge is 2.39. The van der Waals surface area contributed by atoms with Crippen LogP contribution in [0.25, 0.3) is 10.9 Å². The number of hydrogen-bond donors (Lipinski definition) is 1. The van der Waals surface area contributed by atoms with Gasteiger partial charge in [0.2, 0.25) is 11.8 Å². The number of nitrogens with one attached hydrogen (secondary N) is 1. The zero-order valence-corrected chi connectivity index (χ0v) is 17.5. The van der Waals surface area contributed by atoms with Gasteiger partial charge in [-0.15, -0.1) is 0 Å². The van der Waals surface area contributed by atoms with E-state index in [2.05, 4.69) is 15.1 Å². The summed E-state index contributed by atoms with van der Waals surface area (Å²) in [6.07, 6.45) is 0.110. The number of fused-ring (bicyclic) bond motifs is 1. The van der Waals surface area contributed by atoms with Gasteiger partial charge in [-0.2, -0.15) is 5.10 Å². The van der Waals surface area contributed by atoms with Gasteiger partial charge in [0.1, 0.15) is 5.82 Å². The molecule has 0 spiro atoms. The highest BCUT2D eigenvalue weighted by molar-refractivity contribution is 6.30. The van der Waals surface area contributed by atoms with Gasteiger partial charge in [-0.1, -0.05) is 17.7 Å². The van der Waals surface area contributed by atoms with Crippen molar-refractivity contribution in [3.05, 3.63) is 53.3 Å². The largest absolute Gasteiger partial charge is 0.368 e. The molecule has 2 fully saturated rings. The molecule has 160 valence electrons. The molecular weight excluding hydrogens is 421 g/mol. The third-order valence-corrected chi connectivity index (χ3v) is 6.28. The van der Waals surface area contributed by atoms with Gasteiger partial charge in [0.05, 0.1) is 16.8 Å². The van der Waals surface area contributed by atoms with Crippen molar-refractivity contribution in [3.8, 4) is 0 Å². The van der Waals surface area contributed by atoms with Crippen molar-refractivity contribution in [1.29, 1.82) is 0 Å². The molecule has 2 amide bonds. The summed E-state index contributed by atoms with van der Waals surface area (Å²) in [5, 5.41) is 7.88. The number of H-pyrrole nitrogens is 1. The zero-order valence-electron chi connectivity index (χ0n) is 16.7. The van der Waals surface area contributed by atoms with Crippen LogP contribution >= 0.6 is 11.6 Å². The Bertz CT molecular complexity index is 1140. The van der Waals surface area contributed by atoms with Gasteiger partial charge in [0.15, 0.2) is 5.82 Å². The molecule has 0 bridgehead atoms. The summed E-state index contributed by atoms with van der Waals surface area (Å²) < 4.78 is 14.3. The molecule has 0 aliphatic carbocycles. The first kappa shape index (κ1) is 19.8. The summed E-state index contributed by atoms with van der Waals surface area (Å²) in [5.41, 5.74) is 1.60. The number of benzene rings is 2. The number of amides is 2. The number of carbonyl (C=O) groups is 2. The summed E-state index contributed by atoms with van der Waals surface area (Å²) in [6.45, 7) is 2.82. The van der Waals surface area contributed by atoms with Crippen LogP contribution in [0.4, 0.5) is 15.9 Å². The third-order valence-electron chi connectivity index (χ3n) is 6.03. The molecule has 0 unspecified atom stereocenters. The maximum Gasteiger partial charge on any atom is 0.229 e. The number of aromatic nitrogens is 2. The van der Waals surface area contributed by atoms with E-state index >= 15 is 0 Å². The second kappa shape index (κ2) is 7.85. The fourth-order valence-corrected chi connectivity index (χ4v) is 4.51. The summed E-state index contributed by atoms with van der Waals surface area (Å²) in [7, 11) is 0. The lowest BCUT2D eigenvalue weighted by atomic mass is 10.1. The van der Waals surface area contributed by atoms with E-state index in [-0.39, 0.29) is 36.0 Å². The Balaban J connectivity index is 1.26. The molecule has 1 atom stereocenters. The number of rotatable bonds is 3. The van der Waals surface area contributed by atoms with E-state index < -0.39 is 11.7 Å². The van der Waals surface area contributed by atoms with Crippen LogP contribution in [0.5, 0.6) is 0 Å². The zero-order chi connectivity index (χ0) is 21.5. The van der Waals surface area contributed by atoms with Crippen LogP contribution in [-0.4, -0.2) is 59.6 Å². The van der Waals surface area contributed by atoms with E-state index in [1.54, 1.807) is 12.1 Å². The van der Waals surface area contributed by atoms with Crippen LogP contribution in [0.3, 0.4) is 0 Å². The molecule has 2 aliphatic rings. The number of aromatic amines is 1. The smallest absolute Gasteiger partial charge is 0.229 e. The fraction of sp³-hybridized carbons (Fsp3) is 0.318. The second-order valence-electron chi connectivity index (χ2n) is 7.90. The number of nitrogens with zero attached hydrogens (tertiary/aromatic N) is 4. The van der Waals surface area contributed by atoms with E-state index in [0.717, 1.165) is 5.69 Å². The van der Waals surface area contributed by atoms with Gasteiger partial charge in [-0.25, -0.2) is 4.39 Å². The molecule has 2 saturated heterocycles. The van der Waals surface area contributed by atoms with Crippen LogP contribution in [-0.2, 0) is 9.59 Å². The maximum atomic E-state index is 14.3. The molecule has 0 radical (unpaired) electrons. The topological polar surface area (TPSA) is 72.5 Å². The van der Waals surface area contributed by atoms with Crippen LogP contribution in [0.1, 0.15) is 6.42 Å². The van der Waals surface area contributed by atoms with Crippen molar-refractivity contribution in [2.75, 3.05) is 42.5 Å². The molecule has 2 aromatic carbocycles. The molecule has 7 nitrogen and oxygen atoms in total. The Morgan fingerprint density at radius 3 is 2.58 bits per heavy atom. The molecule has 31 heavy (non-hydrogen) atoms. The van der Waals surface area contributed by atoms with E-state index in [9.17, 15) is 14.0 Å². The number of carbonyl (C=O) groups excluding carboxylic acids is 2. The monoisotopic (exact) mass is 441 g/mol. The highest BCUT2D eigenvalue weighted by Crippen LogP contribution is 2.32. The lowest BCUT2D eigenvalue weighted by molar-refractivity contribution is -0.136. The van der Waals surface area contributed by atoms with Crippen molar-refractivity contribution in [3.63, 3.8) is 0 Å². The molecule has 0 saturated carbocycles. The van der Waals surface area contributed by atoms with Gasteiger partial charge < -0.3 is 9.80 Å². The Morgan fingerprint density at radius 2 is 1.84 bits per heavy atom. The first-order valence-electron chi connectivity index (χ1n) is 10.2. The number of hydrogen-bond acceptors (Lipinski definition) is 4. The third kappa shape index (κ3) is 3.61. The lowest BCUT2D eigenvalue weighted by Crippen LogP contribution is -2.50. The highest BCUT2D eigenvalue weighted by atomic mass is 35.5. The summed E-state index contributed by atoms with van der Waals surface area (Å²) in [5.74, 6) is -0.891. The van der Waals surface area contributed by atoms with Crippen LogP contribution in [0, 0.1) is 11.7 Å². The van der Waals surface area contributed by atoms with Crippen molar-refractivity contribution in [1.82, 2.24) is 15.1 Å². The molecule has 3 heterocycles. The lowest BCUT2D eigenvalue weighted by Gasteiger charge is -2.37. The molecule has 2 aliphatic heterocycles. The predicted octanol–water partition coefficient (Wildman–Crippen LogP) is 3.06. The number of piperazine rings is 1. The molecule has 5 rings (SSSR count).